The largest absolute Gasteiger partial charge is 0.354 e. The molecule has 1 aromatic carbocycles. The summed E-state index contributed by atoms with van der Waals surface area (Å²) in [6.07, 6.45) is 3.63. The van der Waals surface area contributed by atoms with Gasteiger partial charge in [0.25, 0.3) is 0 Å². The van der Waals surface area contributed by atoms with Crippen LogP contribution >= 0.6 is 24.0 Å². The van der Waals surface area contributed by atoms with Crippen molar-refractivity contribution in [1.29, 1.82) is 0 Å². The lowest BCUT2D eigenvalue weighted by atomic mass is 10.1. The molecule has 6 heteroatoms. The van der Waals surface area contributed by atoms with Gasteiger partial charge in [-0.3, -0.25) is 9.89 Å². The van der Waals surface area contributed by atoms with Gasteiger partial charge in [-0.25, -0.2) is 0 Å². The van der Waals surface area contributed by atoms with Gasteiger partial charge in [-0.1, -0.05) is 45.0 Å². The molecule has 0 spiro atoms. The highest BCUT2D eigenvalue weighted by Crippen LogP contribution is 2.11. The second-order valence-electron chi connectivity index (χ2n) is 7.47. The predicted octanol–water partition coefficient (Wildman–Crippen LogP) is 3.69. The molecule has 0 amide bonds. The van der Waals surface area contributed by atoms with Crippen LogP contribution in [0.3, 0.4) is 0 Å². The van der Waals surface area contributed by atoms with E-state index in [0.29, 0.717) is 6.04 Å². The van der Waals surface area contributed by atoms with Gasteiger partial charge in [0.1, 0.15) is 0 Å². The summed E-state index contributed by atoms with van der Waals surface area (Å²) < 4.78 is 0. The van der Waals surface area contributed by atoms with Crippen LogP contribution < -0.4 is 10.6 Å². The number of halogens is 1. The Labute approximate surface area is 189 Å². The summed E-state index contributed by atoms with van der Waals surface area (Å²) in [6, 6.07) is 9.41. The van der Waals surface area contributed by atoms with Gasteiger partial charge in [0.05, 0.1) is 0 Å². The van der Waals surface area contributed by atoms with Crippen molar-refractivity contribution in [2.24, 2.45) is 4.99 Å². The summed E-state index contributed by atoms with van der Waals surface area (Å²) in [7, 11) is 1.86. The van der Waals surface area contributed by atoms with Crippen LogP contribution in [0.5, 0.6) is 0 Å². The summed E-state index contributed by atoms with van der Waals surface area (Å²) in [5.74, 6) is 0.915. The third-order valence-electron chi connectivity index (χ3n) is 5.44. The van der Waals surface area contributed by atoms with Crippen LogP contribution in [0.15, 0.2) is 29.3 Å². The van der Waals surface area contributed by atoms with E-state index in [1.165, 1.54) is 50.0 Å². The van der Waals surface area contributed by atoms with Crippen molar-refractivity contribution in [2.45, 2.75) is 59.2 Å². The van der Waals surface area contributed by atoms with Crippen LogP contribution in [0.1, 0.15) is 51.2 Å². The first-order chi connectivity index (χ1) is 13.2. The molecule has 0 saturated carbocycles. The van der Waals surface area contributed by atoms with E-state index in [1.54, 1.807) is 0 Å². The molecule has 1 saturated heterocycles. The van der Waals surface area contributed by atoms with E-state index in [1.807, 2.05) is 7.05 Å². The minimum absolute atomic E-state index is 0. The highest BCUT2D eigenvalue weighted by molar-refractivity contribution is 14.0. The van der Waals surface area contributed by atoms with Crippen molar-refractivity contribution < 1.29 is 0 Å². The number of rotatable bonds is 9. The molecule has 2 rings (SSSR count). The quantitative estimate of drug-likeness (QED) is 0.308. The Hall–Kier alpha value is -0.860. The zero-order valence-electron chi connectivity index (χ0n) is 18.2. The monoisotopic (exact) mass is 501 g/mol. The molecule has 1 heterocycles. The molecule has 2 N–H and O–H groups in total. The highest BCUT2D eigenvalue weighted by Gasteiger charge is 2.19. The third-order valence-corrected chi connectivity index (χ3v) is 5.44. The molecular weight excluding hydrogens is 461 g/mol. The maximum Gasteiger partial charge on any atom is 0.191 e. The molecule has 0 radical (unpaired) electrons. The molecule has 160 valence electrons. The Bertz CT molecular complexity index is 566. The molecule has 0 bridgehead atoms. The fraction of sp³-hybridized carbons (Fsp3) is 0.682. The number of benzene rings is 1. The van der Waals surface area contributed by atoms with Gasteiger partial charge in [-0.15, -0.1) is 24.0 Å². The van der Waals surface area contributed by atoms with Crippen molar-refractivity contribution in [3.05, 3.63) is 35.4 Å². The Kier molecular flexibility index (Phi) is 12.7. The number of nitrogens with one attached hydrogen (secondary N) is 2. The van der Waals surface area contributed by atoms with Crippen molar-refractivity contribution >= 4 is 29.9 Å². The summed E-state index contributed by atoms with van der Waals surface area (Å²) >= 11 is 0. The summed E-state index contributed by atoms with van der Waals surface area (Å²) in [5.41, 5.74) is 2.68. The second-order valence-corrected chi connectivity index (χ2v) is 7.47. The zero-order valence-corrected chi connectivity index (χ0v) is 20.5. The number of hydrogen-bond acceptors (Lipinski definition) is 3. The SMILES string of the molecule is CCCN1CCC(NC(=NC)NCc2cccc(CN(CC)CC)c2)CC1.I. The van der Waals surface area contributed by atoms with E-state index in [9.17, 15) is 0 Å². The molecule has 28 heavy (non-hydrogen) atoms. The second kappa shape index (κ2) is 14.2. The van der Waals surface area contributed by atoms with Gasteiger partial charge in [0, 0.05) is 39.3 Å². The average Bonchev–Trinajstić information content (AvgIpc) is 2.71. The van der Waals surface area contributed by atoms with Gasteiger partial charge in [0.2, 0.25) is 0 Å². The van der Waals surface area contributed by atoms with Crippen LogP contribution in [0, 0.1) is 0 Å². The number of likely N-dealkylation sites (tertiary alicyclic amines) is 1. The first-order valence-corrected chi connectivity index (χ1v) is 10.7. The fourth-order valence-electron chi connectivity index (χ4n) is 3.73. The summed E-state index contributed by atoms with van der Waals surface area (Å²) in [6.45, 7) is 14.3. The zero-order chi connectivity index (χ0) is 19.5. The van der Waals surface area contributed by atoms with Crippen molar-refractivity contribution in [1.82, 2.24) is 20.4 Å². The predicted molar refractivity (Wildman–Crippen MR) is 132 cm³/mol. The first kappa shape index (κ1) is 25.2. The van der Waals surface area contributed by atoms with E-state index >= 15 is 0 Å². The van der Waals surface area contributed by atoms with Crippen molar-refractivity contribution in [2.75, 3.05) is 39.8 Å². The van der Waals surface area contributed by atoms with E-state index in [-0.39, 0.29) is 24.0 Å². The number of piperidine rings is 1. The molecule has 1 fully saturated rings. The summed E-state index contributed by atoms with van der Waals surface area (Å²) in [5, 5.41) is 7.10. The van der Waals surface area contributed by atoms with E-state index < -0.39 is 0 Å². The average molecular weight is 502 g/mol. The van der Waals surface area contributed by atoms with Gasteiger partial charge in [-0.05, 0) is 50.0 Å². The molecule has 1 aromatic rings. The smallest absolute Gasteiger partial charge is 0.191 e. The normalized spacial score (nSPS) is 16.1. The maximum absolute atomic E-state index is 4.42. The standard InChI is InChI=1S/C22H39N5.HI/c1-5-13-27-14-11-21(12-15-27)25-22(23-4)24-17-19-9-8-10-20(16-19)18-26(6-2)7-3;/h8-10,16,21H,5-7,11-15,17-18H2,1-4H3,(H2,23,24,25);1H. The third kappa shape index (κ3) is 8.66. The van der Waals surface area contributed by atoms with Gasteiger partial charge >= 0.3 is 0 Å². The van der Waals surface area contributed by atoms with Crippen LogP contribution in [0.25, 0.3) is 0 Å². The van der Waals surface area contributed by atoms with Crippen LogP contribution in [0.2, 0.25) is 0 Å². The highest BCUT2D eigenvalue weighted by atomic mass is 127. The van der Waals surface area contributed by atoms with Crippen LogP contribution in [-0.4, -0.2) is 61.6 Å². The topological polar surface area (TPSA) is 42.9 Å². The Balaban J connectivity index is 0.00000392. The minimum Gasteiger partial charge on any atom is -0.354 e. The first-order valence-electron chi connectivity index (χ1n) is 10.7. The minimum atomic E-state index is 0. The number of guanidine groups is 1. The van der Waals surface area contributed by atoms with Crippen LogP contribution in [-0.2, 0) is 13.1 Å². The summed E-state index contributed by atoms with van der Waals surface area (Å²) in [4.78, 5) is 9.43. The molecule has 0 unspecified atom stereocenters. The molecule has 1 aliphatic heterocycles. The molecular formula is C22H40IN5. The number of aliphatic imine (C=N–C) groups is 1. The number of hydrogen-bond donors (Lipinski definition) is 2. The lowest BCUT2D eigenvalue weighted by molar-refractivity contribution is 0.206. The Morgan fingerprint density at radius 3 is 2.43 bits per heavy atom. The molecule has 0 aliphatic carbocycles. The van der Waals surface area contributed by atoms with E-state index in [0.717, 1.165) is 32.1 Å². The number of nitrogens with zero attached hydrogens (tertiary/aromatic N) is 3. The Morgan fingerprint density at radius 2 is 1.82 bits per heavy atom. The van der Waals surface area contributed by atoms with Crippen molar-refractivity contribution in [3.8, 4) is 0 Å². The maximum atomic E-state index is 4.42. The van der Waals surface area contributed by atoms with Gasteiger partial charge in [-0.2, -0.15) is 0 Å². The molecule has 1 aliphatic rings. The van der Waals surface area contributed by atoms with Crippen molar-refractivity contribution in [3.63, 3.8) is 0 Å². The molecule has 5 nitrogen and oxygen atoms in total. The van der Waals surface area contributed by atoms with Gasteiger partial charge in [0.15, 0.2) is 5.96 Å². The fourth-order valence-corrected chi connectivity index (χ4v) is 3.73. The van der Waals surface area contributed by atoms with E-state index in [4.69, 9.17) is 0 Å². The Morgan fingerprint density at radius 1 is 1.14 bits per heavy atom. The van der Waals surface area contributed by atoms with Crippen LogP contribution in [0.4, 0.5) is 0 Å². The van der Waals surface area contributed by atoms with E-state index in [2.05, 4.69) is 70.5 Å². The molecule has 0 atom stereocenters. The van der Waals surface area contributed by atoms with Gasteiger partial charge < -0.3 is 15.5 Å². The lowest BCUT2D eigenvalue weighted by Gasteiger charge is -2.32. The lowest BCUT2D eigenvalue weighted by Crippen LogP contribution is -2.48. The molecule has 0 aromatic heterocycles.